The van der Waals surface area contributed by atoms with E-state index < -0.39 is 5.95 Å². The SMILES string of the molecule is Nc1ccc(-c2ccc(F)nc2)cc1NCc1ccc2c(n1)OCO2. The summed E-state index contributed by atoms with van der Waals surface area (Å²) in [6, 6.07) is 12.3. The first-order chi connectivity index (χ1) is 12.2. The van der Waals surface area contributed by atoms with Crippen molar-refractivity contribution in [2.75, 3.05) is 17.8 Å². The van der Waals surface area contributed by atoms with E-state index in [1.807, 2.05) is 24.3 Å². The molecule has 0 bridgehead atoms. The first-order valence-electron chi connectivity index (χ1n) is 7.70. The van der Waals surface area contributed by atoms with Crippen LogP contribution in [0.25, 0.3) is 11.1 Å². The van der Waals surface area contributed by atoms with Crippen molar-refractivity contribution in [3.8, 4) is 22.8 Å². The minimum Gasteiger partial charge on any atom is -0.452 e. The molecule has 126 valence electrons. The quantitative estimate of drug-likeness (QED) is 0.561. The van der Waals surface area contributed by atoms with Crippen LogP contribution in [-0.4, -0.2) is 16.8 Å². The molecular formula is C18H15FN4O2. The number of nitrogen functional groups attached to an aromatic ring is 1. The predicted molar refractivity (Wildman–Crippen MR) is 91.7 cm³/mol. The van der Waals surface area contributed by atoms with Crippen molar-refractivity contribution in [2.45, 2.75) is 6.54 Å². The Hall–Kier alpha value is -3.35. The molecule has 6 nitrogen and oxygen atoms in total. The molecule has 0 atom stereocenters. The van der Waals surface area contributed by atoms with E-state index in [0.717, 1.165) is 22.5 Å². The smallest absolute Gasteiger partial charge is 0.260 e. The van der Waals surface area contributed by atoms with Gasteiger partial charge in [-0.05, 0) is 42.0 Å². The summed E-state index contributed by atoms with van der Waals surface area (Å²) in [6.07, 6.45) is 1.49. The lowest BCUT2D eigenvalue weighted by Gasteiger charge is -2.11. The van der Waals surface area contributed by atoms with Crippen molar-refractivity contribution in [3.05, 3.63) is 60.3 Å². The Labute approximate surface area is 143 Å². The minimum absolute atomic E-state index is 0.194. The highest BCUT2D eigenvalue weighted by atomic mass is 19.1. The van der Waals surface area contributed by atoms with E-state index in [0.29, 0.717) is 23.9 Å². The molecular weight excluding hydrogens is 323 g/mol. The fourth-order valence-electron chi connectivity index (χ4n) is 2.55. The summed E-state index contributed by atoms with van der Waals surface area (Å²) in [5.74, 6) is 0.638. The standard InChI is InChI=1S/C18H15FN4O2/c19-17-6-2-12(8-22-17)11-1-4-14(20)15(7-11)21-9-13-3-5-16-18(23-13)25-10-24-16/h1-8,21H,9-10,20H2. The molecule has 0 aliphatic carbocycles. The van der Waals surface area contributed by atoms with Crippen molar-refractivity contribution in [3.63, 3.8) is 0 Å². The van der Waals surface area contributed by atoms with Gasteiger partial charge in [-0.3, -0.25) is 0 Å². The van der Waals surface area contributed by atoms with Crippen molar-refractivity contribution in [2.24, 2.45) is 0 Å². The summed E-state index contributed by atoms with van der Waals surface area (Å²) in [6.45, 7) is 0.672. The summed E-state index contributed by atoms with van der Waals surface area (Å²) < 4.78 is 23.5. The Balaban J connectivity index is 1.54. The maximum Gasteiger partial charge on any atom is 0.260 e. The van der Waals surface area contributed by atoms with E-state index in [1.54, 1.807) is 12.1 Å². The van der Waals surface area contributed by atoms with Gasteiger partial charge < -0.3 is 20.5 Å². The molecule has 0 saturated heterocycles. The van der Waals surface area contributed by atoms with Gasteiger partial charge in [0.2, 0.25) is 12.7 Å². The van der Waals surface area contributed by atoms with E-state index >= 15 is 0 Å². The van der Waals surface area contributed by atoms with Crippen molar-refractivity contribution < 1.29 is 13.9 Å². The minimum atomic E-state index is -0.508. The summed E-state index contributed by atoms with van der Waals surface area (Å²) in [4.78, 5) is 8.07. The fourth-order valence-corrected chi connectivity index (χ4v) is 2.55. The molecule has 3 aromatic rings. The number of aromatic nitrogens is 2. The van der Waals surface area contributed by atoms with E-state index in [2.05, 4.69) is 15.3 Å². The molecule has 0 fully saturated rings. The molecule has 2 aromatic heterocycles. The lowest BCUT2D eigenvalue weighted by atomic mass is 10.1. The molecule has 7 heteroatoms. The van der Waals surface area contributed by atoms with Crippen LogP contribution < -0.4 is 20.5 Å². The third-order valence-corrected chi connectivity index (χ3v) is 3.87. The lowest BCUT2D eigenvalue weighted by Crippen LogP contribution is -2.04. The zero-order valence-corrected chi connectivity index (χ0v) is 13.2. The zero-order chi connectivity index (χ0) is 17.2. The summed E-state index contributed by atoms with van der Waals surface area (Å²) in [5.41, 5.74) is 9.92. The number of nitrogens with two attached hydrogens (primary N) is 1. The number of hydrogen-bond acceptors (Lipinski definition) is 6. The zero-order valence-electron chi connectivity index (χ0n) is 13.2. The molecule has 0 amide bonds. The van der Waals surface area contributed by atoms with Crippen LogP contribution in [0.3, 0.4) is 0 Å². The molecule has 1 aliphatic heterocycles. The van der Waals surface area contributed by atoms with E-state index in [1.165, 1.54) is 12.3 Å². The van der Waals surface area contributed by atoms with Crippen LogP contribution in [0.15, 0.2) is 48.7 Å². The first-order valence-corrected chi connectivity index (χ1v) is 7.70. The Morgan fingerprint density at radius 1 is 1.08 bits per heavy atom. The Bertz CT molecular complexity index is 915. The van der Waals surface area contributed by atoms with E-state index in [-0.39, 0.29) is 6.79 Å². The number of pyridine rings is 2. The molecule has 0 saturated carbocycles. The fraction of sp³-hybridized carbons (Fsp3) is 0.111. The van der Waals surface area contributed by atoms with Crippen LogP contribution in [0.1, 0.15) is 5.69 Å². The van der Waals surface area contributed by atoms with Gasteiger partial charge in [0.25, 0.3) is 5.88 Å². The second-order valence-corrected chi connectivity index (χ2v) is 5.54. The summed E-state index contributed by atoms with van der Waals surface area (Å²) in [5, 5.41) is 3.26. The van der Waals surface area contributed by atoms with Crippen molar-refractivity contribution >= 4 is 11.4 Å². The molecule has 4 rings (SSSR count). The highest BCUT2D eigenvalue weighted by Crippen LogP contribution is 2.30. The highest BCUT2D eigenvalue weighted by Gasteiger charge is 2.15. The molecule has 3 N–H and O–H groups in total. The number of hydrogen-bond donors (Lipinski definition) is 2. The number of halogens is 1. The molecule has 1 aromatic carbocycles. The normalized spacial score (nSPS) is 12.2. The van der Waals surface area contributed by atoms with Crippen LogP contribution in [0.5, 0.6) is 11.6 Å². The van der Waals surface area contributed by atoms with Gasteiger partial charge in [-0.1, -0.05) is 6.07 Å². The second-order valence-electron chi connectivity index (χ2n) is 5.54. The molecule has 0 unspecified atom stereocenters. The maximum absolute atomic E-state index is 13.0. The Morgan fingerprint density at radius 3 is 2.80 bits per heavy atom. The number of fused-ring (bicyclic) bond motifs is 1. The average molecular weight is 338 g/mol. The summed E-state index contributed by atoms with van der Waals surface area (Å²) in [7, 11) is 0. The van der Waals surface area contributed by atoms with Crippen LogP contribution >= 0.6 is 0 Å². The van der Waals surface area contributed by atoms with Gasteiger partial charge in [0.05, 0.1) is 23.6 Å². The van der Waals surface area contributed by atoms with E-state index in [9.17, 15) is 4.39 Å². The van der Waals surface area contributed by atoms with Crippen LogP contribution in [0, 0.1) is 5.95 Å². The summed E-state index contributed by atoms with van der Waals surface area (Å²) >= 11 is 0. The van der Waals surface area contributed by atoms with Gasteiger partial charge in [0, 0.05) is 11.8 Å². The first kappa shape index (κ1) is 15.2. The molecule has 3 heterocycles. The van der Waals surface area contributed by atoms with Crippen LogP contribution in [0.2, 0.25) is 0 Å². The van der Waals surface area contributed by atoms with Gasteiger partial charge >= 0.3 is 0 Å². The van der Waals surface area contributed by atoms with Gasteiger partial charge in [-0.15, -0.1) is 0 Å². The van der Waals surface area contributed by atoms with Gasteiger partial charge in [0.15, 0.2) is 5.75 Å². The number of nitrogens with zero attached hydrogens (tertiary/aromatic N) is 2. The number of nitrogens with one attached hydrogen (secondary N) is 1. The molecule has 1 aliphatic rings. The predicted octanol–water partition coefficient (Wildman–Crippen LogP) is 3.21. The van der Waals surface area contributed by atoms with Crippen LogP contribution in [-0.2, 0) is 6.54 Å². The van der Waals surface area contributed by atoms with Crippen molar-refractivity contribution in [1.82, 2.24) is 9.97 Å². The number of anilines is 2. The van der Waals surface area contributed by atoms with E-state index in [4.69, 9.17) is 15.2 Å². The largest absolute Gasteiger partial charge is 0.452 e. The average Bonchev–Trinajstić information content (AvgIpc) is 3.09. The third kappa shape index (κ3) is 3.16. The Morgan fingerprint density at radius 2 is 1.96 bits per heavy atom. The van der Waals surface area contributed by atoms with Gasteiger partial charge in [0.1, 0.15) is 0 Å². The Kier molecular flexibility index (Phi) is 3.81. The van der Waals surface area contributed by atoms with Crippen molar-refractivity contribution in [1.29, 1.82) is 0 Å². The number of rotatable bonds is 4. The van der Waals surface area contributed by atoms with Crippen LogP contribution in [0.4, 0.5) is 15.8 Å². The molecule has 25 heavy (non-hydrogen) atoms. The monoisotopic (exact) mass is 338 g/mol. The highest BCUT2D eigenvalue weighted by molar-refractivity contribution is 5.75. The lowest BCUT2D eigenvalue weighted by molar-refractivity contribution is 0.171. The molecule has 0 spiro atoms. The maximum atomic E-state index is 13.0. The molecule has 0 radical (unpaired) electrons. The topological polar surface area (TPSA) is 82.3 Å². The number of ether oxygens (including phenoxy) is 2. The second kappa shape index (κ2) is 6.27. The number of benzene rings is 1. The third-order valence-electron chi connectivity index (χ3n) is 3.87. The van der Waals surface area contributed by atoms with Gasteiger partial charge in [-0.25, -0.2) is 9.97 Å². The van der Waals surface area contributed by atoms with Gasteiger partial charge in [-0.2, -0.15) is 4.39 Å².